The molecule has 12 heteroatoms. The second kappa shape index (κ2) is 18.4. The molecule has 4 aromatic carbocycles. The van der Waals surface area contributed by atoms with Crippen LogP contribution in [0.1, 0.15) is 67.9 Å². The minimum atomic E-state index is -0.982. The summed E-state index contributed by atoms with van der Waals surface area (Å²) in [5.74, 6) is 4.50. The summed E-state index contributed by atoms with van der Waals surface area (Å²) in [5.41, 5.74) is 4.34. The fraction of sp³-hybridized carbons (Fsp3) is 0.279. The highest BCUT2D eigenvalue weighted by Crippen LogP contribution is 2.27. The highest BCUT2D eigenvalue weighted by Gasteiger charge is 2.29. The van der Waals surface area contributed by atoms with E-state index in [1.807, 2.05) is 62.4 Å². The Morgan fingerprint density at radius 2 is 1.45 bits per heavy atom. The van der Waals surface area contributed by atoms with E-state index in [9.17, 15) is 34.1 Å². The van der Waals surface area contributed by atoms with Crippen molar-refractivity contribution < 1.29 is 38.4 Å². The molecular formula is C43H41N3O9. The molecule has 0 saturated heterocycles. The van der Waals surface area contributed by atoms with Crippen molar-refractivity contribution in [1.82, 2.24) is 5.32 Å². The minimum absolute atomic E-state index is 0.0265. The average molecular weight is 744 g/mol. The number of amides is 2. The molecule has 0 radical (unpaired) electrons. The predicted octanol–water partition coefficient (Wildman–Crippen LogP) is 6.88. The third kappa shape index (κ3) is 11.0. The van der Waals surface area contributed by atoms with E-state index < -0.39 is 28.9 Å². The Kier molecular flexibility index (Phi) is 13.3. The average Bonchev–Trinajstić information content (AvgIpc) is 3.16. The number of carbonyl (C=O) groups excluding carboxylic acids is 5. The Morgan fingerprint density at radius 3 is 2.15 bits per heavy atom. The molecule has 0 fully saturated rings. The molecule has 0 aromatic heterocycles. The van der Waals surface area contributed by atoms with Crippen LogP contribution in [0, 0.1) is 33.8 Å². The molecule has 282 valence electrons. The number of nitro groups is 1. The van der Waals surface area contributed by atoms with Crippen LogP contribution < -0.4 is 15.0 Å². The maximum atomic E-state index is 13.6. The number of ketones is 2. The number of para-hydroxylation sites is 1. The Bertz CT molecular complexity index is 2130. The number of rotatable bonds is 15. The summed E-state index contributed by atoms with van der Waals surface area (Å²) in [6, 6.07) is 26.1. The minimum Gasteiger partial charge on any atom is -0.429 e. The smallest absolute Gasteiger partial charge is 0.429 e. The number of ether oxygens (including phenoxy) is 2. The van der Waals surface area contributed by atoms with E-state index in [2.05, 4.69) is 17.2 Å². The van der Waals surface area contributed by atoms with Gasteiger partial charge in [-0.2, -0.15) is 0 Å². The summed E-state index contributed by atoms with van der Waals surface area (Å²) in [7, 11) is 0. The SMILES string of the molecule is CC(C)[C@H](CC(=O)CCC(=O)N1Cc2ccccc2C#Cc2ccccc21)C(=O)N[C@@H](C)C(=O)Cc1ccc(COC(=O)Oc2ccc([N+](=O)[O-])cc2)cc1. The maximum absolute atomic E-state index is 13.6. The first-order valence-electron chi connectivity index (χ1n) is 17.9. The van der Waals surface area contributed by atoms with Crippen molar-refractivity contribution >= 4 is 40.9 Å². The van der Waals surface area contributed by atoms with E-state index in [1.165, 1.54) is 24.3 Å². The standard InChI is InChI=1S/C43H41N3O9/c1-28(2)38(25-36(47)20-23-41(49)45-26-34-10-5-4-8-32(34)16-17-33-9-6-7-11-39(33)45)42(50)44-29(3)40(48)24-30-12-14-31(15-13-30)27-54-43(51)55-37-21-18-35(19-22-37)46(52)53/h4-15,18-19,21-22,28-29,38H,20,23-27H2,1-3H3,(H,44,50)/t29-,38-/m0/s1. The van der Waals surface area contributed by atoms with Gasteiger partial charge in [-0.1, -0.05) is 80.3 Å². The third-order valence-corrected chi connectivity index (χ3v) is 9.23. The van der Waals surface area contributed by atoms with Crippen LogP contribution in [0.3, 0.4) is 0 Å². The van der Waals surface area contributed by atoms with Gasteiger partial charge in [0.15, 0.2) is 5.78 Å². The summed E-state index contributed by atoms with van der Waals surface area (Å²) in [5, 5.41) is 13.6. The number of benzene rings is 4. The van der Waals surface area contributed by atoms with Crippen LogP contribution in [0.15, 0.2) is 97.1 Å². The number of fused-ring (bicyclic) bond motifs is 2. The zero-order valence-electron chi connectivity index (χ0n) is 30.8. The lowest BCUT2D eigenvalue weighted by atomic mass is 9.88. The molecule has 0 aliphatic carbocycles. The van der Waals surface area contributed by atoms with Gasteiger partial charge in [0, 0.05) is 54.9 Å². The van der Waals surface area contributed by atoms with Crippen LogP contribution in [-0.4, -0.2) is 40.5 Å². The number of nitrogens with zero attached hydrogens (tertiary/aromatic N) is 2. The van der Waals surface area contributed by atoms with Gasteiger partial charge in [-0.05, 0) is 59.9 Å². The van der Waals surface area contributed by atoms with Crippen molar-refractivity contribution in [2.45, 2.75) is 65.6 Å². The number of hydrogen-bond donors (Lipinski definition) is 1. The van der Waals surface area contributed by atoms with Crippen molar-refractivity contribution in [1.29, 1.82) is 0 Å². The van der Waals surface area contributed by atoms with E-state index >= 15 is 0 Å². The Balaban J connectivity index is 1.08. The summed E-state index contributed by atoms with van der Waals surface area (Å²) in [6.07, 6.45) is -1.07. The monoisotopic (exact) mass is 743 g/mol. The van der Waals surface area contributed by atoms with Gasteiger partial charge in [0.05, 0.1) is 23.2 Å². The van der Waals surface area contributed by atoms with Gasteiger partial charge < -0.3 is 19.7 Å². The summed E-state index contributed by atoms with van der Waals surface area (Å²) >= 11 is 0. The largest absolute Gasteiger partial charge is 0.514 e. The van der Waals surface area contributed by atoms with Crippen LogP contribution in [0.2, 0.25) is 0 Å². The Morgan fingerprint density at radius 1 is 0.818 bits per heavy atom. The summed E-state index contributed by atoms with van der Waals surface area (Å²) in [6.45, 7) is 5.49. The fourth-order valence-electron chi connectivity index (χ4n) is 5.98. The van der Waals surface area contributed by atoms with Gasteiger partial charge in [-0.3, -0.25) is 29.3 Å². The predicted molar refractivity (Wildman–Crippen MR) is 204 cm³/mol. The number of hydrogen-bond acceptors (Lipinski definition) is 9. The number of Topliss-reactive ketones (excluding diaryl/α,β-unsaturated/α-hetero) is 2. The lowest BCUT2D eigenvalue weighted by Crippen LogP contribution is -2.44. The van der Waals surface area contributed by atoms with E-state index in [0.29, 0.717) is 23.4 Å². The van der Waals surface area contributed by atoms with E-state index in [1.54, 1.807) is 36.1 Å². The molecule has 1 aliphatic rings. The van der Waals surface area contributed by atoms with Gasteiger partial charge in [-0.15, -0.1) is 0 Å². The highest BCUT2D eigenvalue weighted by atomic mass is 16.7. The van der Waals surface area contributed by atoms with Crippen molar-refractivity contribution in [3.63, 3.8) is 0 Å². The topological polar surface area (TPSA) is 162 Å². The van der Waals surface area contributed by atoms with Crippen molar-refractivity contribution in [3.8, 4) is 17.6 Å². The van der Waals surface area contributed by atoms with Crippen LogP contribution in [-0.2, 0) is 43.5 Å². The molecule has 12 nitrogen and oxygen atoms in total. The molecule has 4 aromatic rings. The van der Waals surface area contributed by atoms with Gasteiger partial charge >= 0.3 is 6.16 Å². The molecule has 1 N–H and O–H groups in total. The molecule has 2 atom stereocenters. The summed E-state index contributed by atoms with van der Waals surface area (Å²) in [4.78, 5) is 77.1. The van der Waals surface area contributed by atoms with Crippen LogP contribution in [0.5, 0.6) is 5.75 Å². The molecule has 55 heavy (non-hydrogen) atoms. The Labute approximate surface area is 319 Å². The van der Waals surface area contributed by atoms with Gasteiger partial charge in [0.1, 0.15) is 18.1 Å². The molecule has 0 spiro atoms. The van der Waals surface area contributed by atoms with E-state index in [0.717, 1.165) is 16.7 Å². The molecule has 0 unspecified atom stereocenters. The maximum Gasteiger partial charge on any atom is 0.514 e. The molecule has 5 rings (SSSR count). The quantitative estimate of drug-likeness (QED) is 0.0450. The van der Waals surface area contributed by atoms with Gasteiger partial charge in [0.25, 0.3) is 5.69 Å². The lowest BCUT2D eigenvalue weighted by molar-refractivity contribution is -0.384. The van der Waals surface area contributed by atoms with Crippen molar-refractivity contribution in [3.05, 3.63) is 135 Å². The van der Waals surface area contributed by atoms with Gasteiger partial charge in [-0.25, -0.2) is 4.79 Å². The molecule has 1 aliphatic heterocycles. The number of anilines is 1. The molecule has 0 bridgehead atoms. The van der Waals surface area contributed by atoms with Crippen molar-refractivity contribution in [2.24, 2.45) is 11.8 Å². The lowest BCUT2D eigenvalue weighted by Gasteiger charge is -2.26. The first kappa shape index (κ1) is 39.6. The van der Waals surface area contributed by atoms with Crippen LogP contribution in [0.25, 0.3) is 0 Å². The fourth-order valence-corrected chi connectivity index (χ4v) is 5.98. The number of carbonyl (C=O) groups is 5. The van der Waals surface area contributed by atoms with Crippen LogP contribution >= 0.6 is 0 Å². The zero-order valence-corrected chi connectivity index (χ0v) is 30.8. The second-order valence-electron chi connectivity index (χ2n) is 13.6. The number of non-ortho nitro benzene ring substituents is 1. The van der Waals surface area contributed by atoms with E-state index in [4.69, 9.17) is 9.47 Å². The molecule has 0 saturated carbocycles. The molecule has 1 heterocycles. The van der Waals surface area contributed by atoms with Gasteiger partial charge in [0.2, 0.25) is 11.8 Å². The van der Waals surface area contributed by atoms with Crippen LogP contribution in [0.4, 0.5) is 16.2 Å². The second-order valence-corrected chi connectivity index (χ2v) is 13.6. The normalized spacial score (nSPS) is 12.7. The van der Waals surface area contributed by atoms with Crippen molar-refractivity contribution in [2.75, 3.05) is 4.90 Å². The Hall–Kier alpha value is -6.61. The zero-order chi connectivity index (χ0) is 39.5. The molecular weight excluding hydrogens is 702 g/mol. The first-order chi connectivity index (χ1) is 26.4. The third-order valence-electron chi connectivity index (χ3n) is 9.23. The highest BCUT2D eigenvalue weighted by molar-refractivity contribution is 5.98. The molecule has 2 amide bonds. The number of nitrogens with one attached hydrogen (secondary N) is 1. The number of nitro benzene ring substituents is 1. The summed E-state index contributed by atoms with van der Waals surface area (Å²) < 4.78 is 10.1. The van der Waals surface area contributed by atoms with E-state index in [-0.39, 0.29) is 67.1 Å². The first-order valence-corrected chi connectivity index (χ1v) is 17.9.